The fourth-order valence-corrected chi connectivity index (χ4v) is 1.55. The molecule has 1 aromatic rings. The van der Waals surface area contributed by atoms with E-state index in [2.05, 4.69) is 5.32 Å². The average Bonchev–Trinajstić information content (AvgIpc) is 2.50. The number of carbonyl (C=O) groups is 2. The molecular formula is C16H21NO4. The van der Waals surface area contributed by atoms with Crippen LogP contribution in [0.3, 0.4) is 0 Å². The molecule has 0 aliphatic heterocycles. The van der Waals surface area contributed by atoms with Crippen molar-refractivity contribution in [3.05, 3.63) is 47.7 Å². The summed E-state index contributed by atoms with van der Waals surface area (Å²) in [5.74, 6) is -0.553. The predicted octanol–water partition coefficient (Wildman–Crippen LogP) is 3.16. The highest BCUT2D eigenvalue weighted by atomic mass is 16.6. The maximum Gasteiger partial charge on any atom is 0.412 e. The second-order valence-corrected chi connectivity index (χ2v) is 4.31. The molecule has 0 atom stereocenters. The third kappa shape index (κ3) is 6.61. The first-order chi connectivity index (χ1) is 10.2. The molecule has 1 aromatic carbocycles. The van der Waals surface area contributed by atoms with Crippen molar-refractivity contribution >= 4 is 12.1 Å². The van der Waals surface area contributed by atoms with Gasteiger partial charge in [0.1, 0.15) is 12.3 Å². The highest BCUT2D eigenvalue weighted by Crippen LogP contribution is 2.03. The number of esters is 1. The standard InChI is InChI=1S/C16H21NO4/c1-3-5-11-14(15(18)20-4-2)17-16(19)21-12-13-9-7-6-8-10-13/h6-11H,3-5,12H2,1-2H3,(H,17,19). The Balaban J connectivity index is 2.53. The minimum atomic E-state index is -0.672. The van der Waals surface area contributed by atoms with Gasteiger partial charge in [-0.05, 0) is 18.9 Å². The van der Waals surface area contributed by atoms with E-state index < -0.39 is 12.1 Å². The molecule has 5 heteroatoms. The zero-order valence-corrected chi connectivity index (χ0v) is 12.4. The van der Waals surface area contributed by atoms with E-state index in [-0.39, 0.29) is 18.9 Å². The van der Waals surface area contributed by atoms with Crippen LogP contribution in [0.5, 0.6) is 0 Å². The summed E-state index contributed by atoms with van der Waals surface area (Å²) in [6, 6.07) is 9.32. The first kappa shape index (κ1) is 16.8. The lowest BCUT2D eigenvalue weighted by molar-refractivity contribution is -0.138. The van der Waals surface area contributed by atoms with Crippen LogP contribution in [-0.2, 0) is 20.9 Å². The van der Waals surface area contributed by atoms with E-state index >= 15 is 0 Å². The molecule has 0 bridgehead atoms. The van der Waals surface area contributed by atoms with Crippen molar-refractivity contribution in [1.82, 2.24) is 5.32 Å². The minimum Gasteiger partial charge on any atom is -0.461 e. The Labute approximate surface area is 124 Å². The van der Waals surface area contributed by atoms with Crippen molar-refractivity contribution in [2.24, 2.45) is 0 Å². The molecule has 0 spiro atoms. The van der Waals surface area contributed by atoms with Crippen molar-refractivity contribution in [2.45, 2.75) is 33.3 Å². The molecule has 0 unspecified atom stereocenters. The molecule has 0 radical (unpaired) electrons. The van der Waals surface area contributed by atoms with E-state index in [1.807, 2.05) is 37.3 Å². The Kier molecular flexibility index (Phi) is 7.64. The maximum absolute atomic E-state index is 11.7. The molecule has 0 heterocycles. The molecular weight excluding hydrogens is 270 g/mol. The Hall–Kier alpha value is -2.30. The van der Waals surface area contributed by atoms with Gasteiger partial charge in [-0.15, -0.1) is 0 Å². The Morgan fingerprint density at radius 1 is 1.14 bits per heavy atom. The lowest BCUT2D eigenvalue weighted by atomic mass is 10.2. The number of hydrogen-bond donors (Lipinski definition) is 1. The smallest absolute Gasteiger partial charge is 0.412 e. The monoisotopic (exact) mass is 291 g/mol. The SMILES string of the molecule is CCCC=C(NC(=O)OCc1ccccc1)C(=O)OCC. The van der Waals surface area contributed by atoms with E-state index in [0.29, 0.717) is 6.42 Å². The Morgan fingerprint density at radius 2 is 1.86 bits per heavy atom. The third-order valence-corrected chi connectivity index (χ3v) is 2.58. The second kappa shape index (κ2) is 9.58. The van der Waals surface area contributed by atoms with Crippen LogP contribution in [0.1, 0.15) is 32.3 Å². The van der Waals surface area contributed by atoms with Gasteiger partial charge in [0.15, 0.2) is 0 Å². The molecule has 5 nitrogen and oxygen atoms in total. The van der Waals surface area contributed by atoms with E-state index in [9.17, 15) is 9.59 Å². The lowest BCUT2D eigenvalue weighted by Gasteiger charge is -2.10. The van der Waals surface area contributed by atoms with Crippen molar-refractivity contribution in [3.63, 3.8) is 0 Å². The summed E-state index contributed by atoms with van der Waals surface area (Å²) in [6.07, 6.45) is 2.51. The van der Waals surface area contributed by atoms with Crippen LogP contribution >= 0.6 is 0 Å². The maximum atomic E-state index is 11.7. The number of hydrogen-bond acceptors (Lipinski definition) is 4. The minimum absolute atomic E-state index is 0.122. The summed E-state index contributed by atoms with van der Waals surface area (Å²) in [7, 11) is 0. The van der Waals surface area contributed by atoms with Gasteiger partial charge < -0.3 is 9.47 Å². The fourth-order valence-electron chi connectivity index (χ4n) is 1.55. The summed E-state index contributed by atoms with van der Waals surface area (Å²) in [4.78, 5) is 23.4. The van der Waals surface area contributed by atoms with Gasteiger partial charge in [-0.2, -0.15) is 0 Å². The van der Waals surface area contributed by atoms with Crippen LogP contribution in [0.25, 0.3) is 0 Å². The molecule has 0 fully saturated rings. The molecule has 0 saturated carbocycles. The fraction of sp³-hybridized carbons (Fsp3) is 0.375. The first-order valence-corrected chi connectivity index (χ1v) is 7.02. The van der Waals surface area contributed by atoms with Crippen LogP contribution in [0.4, 0.5) is 4.79 Å². The van der Waals surface area contributed by atoms with Gasteiger partial charge in [0.2, 0.25) is 0 Å². The highest BCUT2D eigenvalue weighted by Gasteiger charge is 2.14. The number of rotatable bonds is 7. The Bertz CT molecular complexity index is 482. The summed E-state index contributed by atoms with van der Waals surface area (Å²) >= 11 is 0. The van der Waals surface area contributed by atoms with Gasteiger partial charge in [-0.3, -0.25) is 5.32 Å². The number of nitrogens with one attached hydrogen (secondary N) is 1. The number of carbonyl (C=O) groups excluding carboxylic acids is 2. The van der Waals surface area contributed by atoms with E-state index in [1.165, 1.54) is 0 Å². The summed E-state index contributed by atoms with van der Waals surface area (Å²) in [6.45, 7) is 4.09. The van der Waals surface area contributed by atoms with Crippen molar-refractivity contribution in [3.8, 4) is 0 Å². The summed E-state index contributed by atoms with van der Waals surface area (Å²) in [5, 5.41) is 2.43. The summed E-state index contributed by atoms with van der Waals surface area (Å²) < 4.78 is 9.96. The van der Waals surface area contributed by atoms with Crippen LogP contribution in [-0.4, -0.2) is 18.7 Å². The lowest BCUT2D eigenvalue weighted by Crippen LogP contribution is -2.29. The van der Waals surface area contributed by atoms with Gasteiger partial charge in [-0.1, -0.05) is 49.8 Å². The predicted molar refractivity (Wildman–Crippen MR) is 79.4 cm³/mol. The number of unbranched alkanes of at least 4 members (excludes halogenated alkanes) is 1. The van der Waals surface area contributed by atoms with Crippen molar-refractivity contribution in [1.29, 1.82) is 0 Å². The van der Waals surface area contributed by atoms with Gasteiger partial charge >= 0.3 is 12.1 Å². The summed E-state index contributed by atoms with van der Waals surface area (Å²) in [5.41, 5.74) is 1.000. The molecule has 114 valence electrons. The average molecular weight is 291 g/mol. The largest absolute Gasteiger partial charge is 0.461 e. The van der Waals surface area contributed by atoms with Crippen LogP contribution in [0.15, 0.2) is 42.1 Å². The number of alkyl carbamates (subject to hydrolysis) is 1. The molecule has 1 amide bonds. The van der Waals surface area contributed by atoms with Crippen molar-refractivity contribution in [2.75, 3.05) is 6.61 Å². The van der Waals surface area contributed by atoms with Gasteiger partial charge in [0.05, 0.1) is 6.61 Å². The highest BCUT2D eigenvalue weighted by molar-refractivity contribution is 5.92. The second-order valence-electron chi connectivity index (χ2n) is 4.31. The number of allylic oxidation sites excluding steroid dienone is 1. The number of amides is 1. The van der Waals surface area contributed by atoms with E-state index in [0.717, 1.165) is 12.0 Å². The molecule has 0 aliphatic rings. The molecule has 0 saturated heterocycles. The quantitative estimate of drug-likeness (QED) is 0.619. The van der Waals surface area contributed by atoms with Crippen molar-refractivity contribution < 1.29 is 19.1 Å². The molecule has 21 heavy (non-hydrogen) atoms. The third-order valence-electron chi connectivity index (χ3n) is 2.58. The van der Waals surface area contributed by atoms with Gasteiger partial charge in [0.25, 0.3) is 0 Å². The van der Waals surface area contributed by atoms with Gasteiger partial charge in [-0.25, -0.2) is 9.59 Å². The molecule has 1 N–H and O–H groups in total. The zero-order chi connectivity index (χ0) is 15.5. The zero-order valence-electron chi connectivity index (χ0n) is 12.4. The van der Waals surface area contributed by atoms with Gasteiger partial charge in [0, 0.05) is 0 Å². The topological polar surface area (TPSA) is 64.6 Å². The van der Waals surface area contributed by atoms with E-state index in [1.54, 1.807) is 13.0 Å². The normalized spacial score (nSPS) is 10.9. The Morgan fingerprint density at radius 3 is 2.48 bits per heavy atom. The molecule has 0 aliphatic carbocycles. The number of benzene rings is 1. The van der Waals surface area contributed by atoms with E-state index in [4.69, 9.17) is 9.47 Å². The first-order valence-electron chi connectivity index (χ1n) is 7.02. The molecule has 1 rings (SSSR count). The van der Waals surface area contributed by atoms with Crippen LogP contribution < -0.4 is 5.32 Å². The van der Waals surface area contributed by atoms with Crippen LogP contribution in [0, 0.1) is 0 Å². The van der Waals surface area contributed by atoms with Crippen LogP contribution in [0.2, 0.25) is 0 Å². The molecule has 0 aromatic heterocycles. The number of ether oxygens (including phenoxy) is 2.